The third-order valence-corrected chi connectivity index (χ3v) is 4.28. The highest BCUT2D eigenvalue weighted by Crippen LogP contribution is 2.37. The van der Waals surface area contributed by atoms with Gasteiger partial charge in [-0.1, -0.05) is 6.92 Å². The van der Waals surface area contributed by atoms with Crippen LogP contribution in [0.25, 0.3) is 0 Å². The summed E-state index contributed by atoms with van der Waals surface area (Å²) in [5, 5.41) is 12.6. The quantitative estimate of drug-likeness (QED) is 0.735. The largest absolute Gasteiger partial charge is 0.480 e. The number of nitrogens with one attached hydrogen (secondary N) is 1. The van der Waals surface area contributed by atoms with Crippen molar-refractivity contribution in [2.75, 3.05) is 19.6 Å². The second kappa shape index (κ2) is 4.94. The van der Waals surface area contributed by atoms with Gasteiger partial charge in [-0.15, -0.1) is 0 Å². The van der Waals surface area contributed by atoms with Gasteiger partial charge in [-0.25, -0.2) is 0 Å². The van der Waals surface area contributed by atoms with Gasteiger partial charge in [0.1, 0.15) is 5.54 Å². The number of fused-ring (bicyclic) bond motifs is 2. The van der Waals surface area contributed by atoms with Gasteiger partial charge in [0.25, 0.3) is 0 Å². The summed E-state index contributed by atoms with van der Waals surface area (Å²) in [6, 6.07) is 0.641. The normalized spacial score (nSPS) is 31.6. The van der Waals surface area contributed by atoms with E-state index in [4.69, 9.17) is 0 Å². The Kier molecular flexibility index (Phi) is 3.73. The Bertz CT molecular complexity index is 295. The molecule has 98 valence electrons. The van der Waals surface area contributed by atoms with E-state index in [1.54, 1.807) is 0 Å². The second-order valence-electron chi connectivity index (χ2n) is 5.83. The summed E-state index contributed by atoms with van der Waals surface area (Å²) in [5.74, 6) is 0.0953. The van der Waals surface area contributed by atoms with Crippen molar-refractivity contribution in [3.05, 3.63) is 0 Å². The van der Waals surface area contributed by atoms with Crippen molar-refractivity contribution in [3.8, 4) is 0 Å². The maximum absolute atomic E-state index is 11.4. The van der Waals surface area contributed by atoms with Crippen molar-refractivity contribution in [2.45, 2.75) is 51.1 Å². The molecule has 3 unspecified atom stereocenters. The molecule has 1 aliphatic carbocycles. The summed E-state index contributed by atoms with van der Waals surface area (Å²) >= 11 is 0. The minimum atomic E-state index is -0.791. The molecule has 1 saturated carbocycles. The molecule has 0 amide bonds. The van der Waals surface area contributed by atoms with E-state index in [1.165, 1.54) is 19.3 Å². The molecule has 0 aromatic rings. The van der Waals surface area contributed by atoms with E-state index in [2.05, 4.69) is 17.1 Å². The highest BCUT2D eigenvalue weighted by atomic mass is 16.4. The van der Waals surface area contributed by atoms with Crippen LogP contribution in [-0.4, -0.2) is 47.2 Å². The Labute approximate surface area is 103 Å². The van der Waals surface area contributed by atoms with Gasteiger partial charge in [0.15, 0.2) is 0 Å². The zero-order chi connectivity index (χ0) is 12.5. The minimum Gasteiger partial charge on any atom is -0.480 e. The molecule has 4 nitrogen and oxygen atoms in total. The Morgan fingerprint density at radius 1 is 1.53 bits per heavy atom. The first kappa shape index (κ1) is 12.8. The molecule has 2 aliphatic rings. The van der Waals surface area contributed by atoms with E-state index in [9.17, 15) is 9.90 Å². The first-order valence-electron chi connectivity index (χ1n) is 6.77. The lowest BCUT2D eigenvalue weighted by Gasteiger charge is -2.35. The molecule has 1 saturated heterocycles. The summed E-state index contributed by atoms with van der Waals surface area (Å²) in [7, 11) is 0. The maximum atomic E-state index is 11.4. The Morgan fingerprint density at radius 3 is 2.76 bits per heavy atom. The number of carboxylic acids is 1. The van der Waals surface area contributed by atoms with Crippen LogP contribution in [0.3, 0.4) is 0 Å². The van der Waals surface area contributed by atoms with Crippen molar-refractivity contribution < 1.29 is 9.90 Å². The third kappa shape index (κ3) is 2.63. The molecule has 0 spiro atoms. The predicted octanol–water partition coefficient (Wildman–Crippen LogP) is 1.31. The molecule has 0 radical (unpaired) electrons. The van der Waals surface area contributed by atoms with E-state index in [0.717, 1.165) is 25.4 Å². The summed E-state index contributed by atoms with van der Waals surface area (Å²) in [5.41, 5.74) is -0.791. The molecule has 3 atom stereocenters. The Morgan fingerprint density at radius 2 is 2.29 bits per heavy atom. The first-order valence-corrected chi connectivity index (χ1v) is 6.77. The van der Waals surface area contributed by atoms with E-state index in [1.807, 2.05) is 6.92 Å². The van der Waals surface area contributed by atoms with Crippen molar-refractivity contribution >= 4 is 5.97 Å². The molecule has 2 bridgehead atoms. The fourth-order valence-corrected chi connectivity index (χ4v) is 3.23. The molecular formula is C13H24N2O2. The molecule has 1 heterocycles. The maximum Gasteiger partial charge on any atom is 0.324 e. The standard InChI is InChI=1S/C13H24N2O2/c1-3-6-14-13(2,12(16)17)9-15-8-10-4-5-11(15)7-10/h10-11,14H,3-9H2,1-2H3,(H,16,17). The Hall–Kier alpha value is -0.610. The number of nitrogens with zero attached hydrogens (tertiary/aromatic N) is 1. The Balaban J connectivity index is 1.95. The lowest BCUT2D eigenvalue weighted by atomic mass is 10.00. The zero-order valence-electron chi connectivity index (χ0n) is 10.9. The van der Waals surface area contributed by atoms with E-state index in [-0.39, 0.29) is 0 Å². The smallest absolute Gasteiger partial charge is 0.324 e. The number of hydrogen-bond acceptors (Lipinski definition) is 3. The highest BCUT2D eigenvalue weighted by Gasteiger charge is 2.43. The molecule has 0 aromatic heterocycles. The topological polar surface area (TPSA) is 52.6 Å². The average molecular weight is 240 g/mol. The van der Waals surface area contributed by atoms with E-state index in [0.29, 0.717) is 12.6 Å². The number of piperidine rings is 1. The third-order valence-electron chi connectivity index (χ3n) is 4.28. The monoisotopic (exact) mass is 240 g/mol. The van der Waals surface area contributed by atoms with Crippen LogP contribution in [0.4, 0.5) is 0 Å². The van der Waals surface area contributed by atoms with E-state index < -0.39 is 11.5 Å². The molecule has 0 aromatic carbocycles. The predicted molar refractivity (Wildman–Crippen MR) is 67.0 cm³/mol. The second-order valence-corrected chi connectivity index (χ2v) is 5.83. The van der Waals surface area contributed by atoms with Crippen molar-refractivity contribution in [2.24, 2.45) is 5.92 Å². The van der Waals surface area contributed by atoms with Crippen LogP contribution in [-0.2, 0) is 4.79 Å². The lowest BCUT2D eigenvalue weighted by molar-refractivity contribution is -0.145. The van der Waals surface area contributed by atoms with Crippen molar-refractivity contribution in [3.63, 3.8) is 0 Å². The molecule has 1 aliphatic heterocycles. The van der Waals surface area contributed by atoms with Crippen LogP contribution in [0, 0.1) is 5.92 Å². The van der Waals surface area contributed by atoms with Crippen molar-refractivity contribution in [1.29, 1.82) is 0 Å². The van der Waals surface area contributed by atoms with Gasteiger partial charge in [-0.2, -0.15) is 0 Å². The van der Waals surface area contributed by atoms with Crippen LogP contribution in [0.1, 0.15) is 39.5 Å². The summed E-state index contributed by atoms with van der Waals surface area (Å²) < 4.78 is 0. The molecule has 17 heavy (non-hydrogen) atoms. The van der Waals surface area contributed by atoms with Gasteiger partial charge < -0.3 is 10.4 Å². The van der Waals surface area contributed by atoms with Gasteiger partial charge in [0.05, 0.1) is 0 Å². The lowest BCUT2D eigenvalue weighted by Crippen LogP contribution is -2.58. The fourth-order valence-electron chi connectivity index (χ4n) is 3.23. The molecule has 2 N–H and O–H groups in total. The minimum absolute atomic E-state index is 0.641. The molecule has 2 fully saturated rings. The number of hydrogen-bond donors (Lipinski definition) is 2. The zero-order valence-corrected chi connectivity index (χ0v) is 10.9. The first-order chi connectivity index (χ1) is 8.05. The SMILES string of the molecule is CCCNC(C)(CN1CC2CCC1C2)C(=O)O. The van der Waals surface area contributed by atoms with Gasteiger partial charge in [0, 0.05) is 19.1 Å². The fraction of sp³-hybridized carbons (Fsp3) is 0.923. The van der Waals surface area contributed by atoms with Crippen LogP contribution < -0.4 is 5.32 Å². The number of carbonyl (C=O) groups is 1. The molecule has 4 heteroatoms. The van der Waals surface area contributed by atoms with Gasteiger partial charge >= 0.3 is 5.97 Å². The number of carboxylic acid groups (broad SMARTS) is 1. The van der Waals surface area contributed by atoms with Crippen LogP contribution in [0.15, 0.2) is 0 Å². The van der Waals surface area contributed by atoms with E-state index >= 15 is 0 Å². The van der Waals surface area contributed by atoms with Crippen LogP contribution >= 0.6 is 0 Å². The number of likely N-dealkylation sites (tertiary alicyclic amines) is 1. The van der Waals surface area contributed by atoms with Gasteiger partial charge in [-0.05, 0) is 45.1 Å². The average Bonchev–Trinajstić information content (AvgIpc) is 2.88. The number of aliphatic carboxylic acids is 1. The highest BCUT2D eigenvalue weighted by molar-refractivity contribution is 5.78. The summed E-state index contributed by atoms with van der Waals surface area (Å²) in [6.07, 6.45) is 4.85. The van der Waals surface area contributed by atoms with Crippen molar-refractivity contribution in [1.82, 2.24) is 10.2 Å². The molecule has 2 rings (SSSR count). The van der Waals surface area contributed by atoms with Gasteiger partial charge in [-0.3, -0.25) is 9.69 Å². The number of rotatable bonds is 6. The summed E-state index contributed by atoms with van der Waals surface area (Å²) in [6.45, 7) is 6.39. The van der Waals surface area contributed by atoms with Crippen LogP contribution in [0.2, 0.25) is 0 Å². The van der Waals surface area contributed by atoms with Gasteiger partial charge in [0.2, 0.25) is 0 Å². The van der Waals surface area contributed by atoms with Crippen LogP contribution in [0.5, 0.6) is 0 Å². The summed E-state index contributed by atoms with van der Waals surface area (Å²) in [4.78, 5) is 13.8. The molecular weight excluding hydrogens is 216 g/mol.